The third-order valence-electron chi connectivity index (χ3n) is 4.89. The molecule has 3 rings (SSSR count). The Morgan fingerprint density at radius 2 is 2.00 bits per heavy atom. The number of ether oxygens (including phenoxy) is 1. The van der Waals surface area contributed by atoms with Gasteiger partial charge in [0.25, 0.3) is 0 Å². The normalized spacial score (nSPS) is 21.1. The lowest BCUT2D eigenvalue weighted by Crippen LogP contribution is -2.41. The maximum atomic E-state index is 11.7. The second kappa shape index (κ2) is 7.32. The van der Waals surface area contributed by atoms with Crippen LogP contribution in [0.25, 0.3) is 0 Å². The molecule has 1 saturated heterocycles. The van der Waals surface area contributed by atoms with Crippen molar-refractivity contribution in [3.8, 4) is 0 Å². The van der Waals surface area contributed by atoms with Crippen LogP contribution in [-0.2, 0) is 4.74 Å². The zero-order valence-electron chi connectivity index (χ0n) is 15.7. The highest BCUT2D eigenvalue weighted by atomic mass is 16.6. The quantitative estimate of drug-likeness (QED) is 0.878. The molecule has 0 spiro atoms. The molecule has 7 heteroatoms. The van der Waals surface area contributed by atoms with E-state index in [-0.39, 0.29) is 12.1 Å². The fourth-order valence-corrected chi connectivity index (χ4v) is 3.17. The monoisotopic (exact) mass is 350 g/mol. The number of hydrogen-bond donors (Lipinski definition) is 1. The van der Waals surface area contributed by atoms with Crippen LogP contribution < -0.4 is 5.32 Å². The number of nitrogens with zero attached hydrogens (tertiary/aromatic N) is 3. The van der Waals surface area contributed by atoms with Crippen molar-refractivity contribution in [1.82, 2.24) is 20.4 Å². The molecule has 25 heavy (non-hydrogen) atoms. The molecular weight excluding hydrogens is 320 g/mol. The molecule has 1 N–H and O–H groups in total. The van der Waals surface area contributed by atoms with Crippen LogP contribution in [0.2, 0.25) is 0 Å². The van der Waals surface area contributed by atoms with Crippen molar-refractivity contribution in [3.05, 3.63) is 11.7 Å². The molecule has 1 aliphatic carbocycles. The summed E-state index contributed by atoms with van der Waals surface area (Å²) in [7, 11) is 0. The first-order valence-corrected chi connectivity index (χ1v) is 9.36. The van der Waals surface area contributed by atoms with Gasteiger partial charge in [-0.1, -0.05) is 5.16 Å². The molecule has 1 unspecified atom stereocenters. The molecule has 7 nitrogen and oxygen atoms in total. The number of hydrogen-bond acceptors (Lipinski definition) is 6. The molecule has 2 fully saturated rings. The number of likely N-dealkylation sites (tertiary alicyclic amines) is 1. The molecule has 140 valence electrons. The summed E-state index contributed by atoms with van der Waals surface area (Å²) in [6, 6.07) is 0.153. The van der Waals surface area contributed by atoms with Gasteiger partial charge in [-0.2, -0.15) is 4.98 Å². The van der Waals surface area contributed by atoms with Gasteiger partial charge in [0, 0.05) is 12.5 Å². The average Bonchev–Trinajstić information content (AvgIpc) is 3.28. The first-order chi connectivity index (χ1) is 11.8. The van der Waals surface area contributed by atoms with E-state index in [0.29, 0.717) is 18.4 Å². The van der Waals surface area contributed by atoms with Crippen LogP contribution >= 0.6 is 0 Å². The van der Waals surface area contributed by atoms with Gasteiger partial charge in [-0.3, -0.25) is 4.90 Å². The van der Waals surface area contributed by atoms with Gasteiger partial charge in [-0.15, -0.1) is 0 Å². The fraction of sp³-hybridized carbons (Fsp3) is 0.833. The molecule has 2 heterocycles. The Morgan fingerprint density at radius 1 is 1.32 bits per heavy atom. The van der Waals surface area contributed by atoms with Crippen molar-refractivity contribution in [1.29, 1.82) is 0 Å². The highest BCUT2D eigenvalue weighted by Gasteiger charge is 2.31. The second-order valence-electron chi connectivity index (χ2n) is 8.30. The maximum Gasteiger partial charge on any atom is 0.407 e. The number of amides is 1. The number of carbonyl (C=O) groups excluding carboxylic acids is 1. The molecule has 1 atom stereocenters. The SMILES string of the molecule is CC(c1nc(C2CC2)no1)N1CCC(CNC(=O)OC(C)(C)C)CC1. The molecule has 1 saturated carbocycles. The van der Waals surface area contributed by atoms with Crippen molar-refractivity contribution < 1.29 is 14.1 Å². The molecule has 1 aromatic rings. The van der Waals surface area contributed by atoms with E-state index in [9.17, 15) is 4.79 Å². The standard InChI is InChI=1S/C18H30N4O3/c1-12(16-20-15(21-25-16)14-5-6-14)22-9-7-13(8-10-22)11-19-17(23)24-18(2,3)4/h12-14H,5-11H2,1-4H3,(H,19,23). The number of rotatable bonds is 5. The topological polar surface area (TPSA) is 80.5 Å². The maximum absolute atomic E-state index is 11.7. The van der Waals surface area contributed by atoms with E-state index in [1.165, 1.54) is 12.8 Å². The van der Waals surface area contributed by atoms with Gasteiger partial charge in [0.1, 0.15) is 5.60 Å². The molecule has 1 amide bonds. The van der Waals surface area contributed by atoms with E-state index in [0.717, 1.165) is 37.6 Å². The van der Waals surface area contributed by atoms with Crippen molar-refractivity contribution >= 4 is 6.09 Å². The van der Waals surface area contributed by atoms with E-state index in [1.807, 2.05) is 20.8 Å². The lowest BCUT2D eigenvalue weighted by Gasteiger charge is -2.34. The van der Waals surface area contributed by atoms with E-state index >= 15 is 0 Å². The number of nitrogens with one attached hydrogen (secondary N) is 1. The molecule has 1 aliphatic heterocycles. The van der Waals surface area contributed by atoms with E-state index in [2.05, 4.69) is 27.3 Å². The lowest BCUT2D eigenvalue weighted by atomic mass is 9.96. The van der Waals surface area contributed by atoms with Crippen LogP contribution in [0.4, 0.5) is 4.79 Å². The average molecular weight is 350 g/mol. The van der Waals surface area contributed by atoms with Gasteiger partial charge < -0.3 is 14.6 Å². The molecule has 0 aromatic carbocycles. The number of carbonyl (C=O) groups is 1. The van der Waals surface area contributed by atoms with E-state index in [4.69, 9.17) is 9.26 Å². The van der Waals surface area contributed by atoms with Crippen LogP contribution in [0.1, 0.15) is 77.1 Å². The van der Waals surface area contributed by atoms with E-state index < -0.39 is 5.60 Å². The van der Waals surface area contributed by atoms with Gasteiger partial charge in [0.2, 0.25) is 5.89 Å². The van der Waals surface area contributed by atoms with Gasteiger partial charge >= 0.3 is 6.09 Å². The largest absolute Gasteiger partial charge is 0.444 e. The van der Waals surface area contributed by atoms with Crippen molar-refractivity contribution in [2.24, 2.45) is 5.92 Å². The summed E-state index contributed by atoms with van der Waals surface area (Å²) in [4.78, 5) is 18.7. The number of alkyl carbamates (subject to hydrolysis) is 1. The van der Waals surface area contributed by atoms with Gasteiger partial charge in [0.15, 0.2) is 5.82 Å². The summed E-state index contributed by atoms with van der Waals surface area (Å²) < 4.78 is 10.7. The number of piperidine rings is 1. The zero-order chi connectivity index (χ0) is 18.0. The predicted molar refractivity (Wildman–Crippen MR) is 93.2 cm³/mol. The third-order valence-corrected chi connectivity index (χ3v) is 4.89. The molecule has 0 radical (unpaired) electrons. The highest BCUT2D eigenvalue weighted by molar-refractivity contribution is 5.67. The number of aromatic nitrogens is 2. The Kier molecular flexibility index (Phi) is 5.32. The summed E-state index contributed by atoms with van der Waals surface area (Å²) >= 11 is 0. The first kappa shape index (κ1) is 18.2. The first-order valence-electron chi connectivity index (χ1n) is 9.36. The minimum absolute atomic E-state index is 0.153. The van der Waals surface area contributed by atoms with Crippen LogP contribution in [-0.4, -0.2) is 46.4 Å². The summed E-state index contributed by atoms with van der Waals surface area (Å²) in [6.45, 7) is 10.4. The third kappa shape index (κ3) is 5.17. The van der Waals surface area contributed by atoms with Gasteiger partial charge in [0.05, 0.1) is 6.04 Å². The molecule has 0 bridgehead atoms. The minimum Gasteiger partial charge on any atom is -0.444 e. The Hall–Kier alpha value is -1.63. The predicted octanol–water partition coefficient (Wildman–Crippen LogP) is 3.24. The lowest BCUT2D eigenvalue weighted by molar-refractivity contribution is 0.0503. The second-order valence-corrected chi connectivity index (χ2v) is 8.30. The van der Waals surface area contributed by atoms with Crippen molar-refractivity contribution in [2.45, 2.75) is 70.9 Å². The highest BCUT2D eigenvalue weighted by Crippen LogP contribution is 2.38. The summed E-state index contributed by atoms with van der Waals surface area (Å²) in [5.41, 5.74) is -0.452. The summed E-state index contributed by atoms with van der Waals surface area (Å²) in [6.07, 6.45) is 4.13. The van der Waals surface area contributed by atoms with Gasteiger partial charge in [-0.05, 0) is 72.4 Å². The van der Waals surface area contributed by atoms with E-state index in [1.54, 1.807) is 0 Å². The Morgan fingerprint density at radius 3 is 2.60 bits per heavy atom. The Balaban J connectivity index is 1.41. The molecular formula is C18H30N4O3. The van der Waals surface area contributed by atoms with Crippen molar-refractivity contribution in [3.63, 3.8) is 0 Å². The zero-order valence-corrected chi connectivity index (χ0v) is 15.7. The smallest absolute Gasteiger partial charge is 0.407 e. The van der Waals surface area contributed by atoms with Crippen LogP contribution in [0.5, 0.6) is 0 Å². The molecule has 1 aromatic heterocycles. The van der Waals surface area contributed by atoms with Crippen LogP contribution in [0.15, 0.2) is 4.52 Å². The van der Waals surface area contributed by atoms with Crippen LogP contribution in [0.3, 0.4) is 0 Å². The Bertz CT molecular complexity index is 583. The van der Waals surface area contributed by atoms with Crippen molar-refractivity contribution in [2.75, 3.05) is 19.6 Å². The minimum atomic E-state index is -0.452. The Labute approximate surface area is 149 Å². The summed E-state index contributed by atoms with van der Waals surface area (Å²) in [5.74, 6) is 2.61. The van der Waals surface area contributed by atoms with Gasteiger partial charge in [-0.25, -0.2) is 4.79 Å². The summed E-state index contributed by atoms with van der Waals surface area (Å²) in [5, 5.41) is 7.00. The molecule has 2 aliphatic rings. The fourth-order valence-electron chi connectivity index (χ4n) is 3.17. The van der Waals surface area contributed by atoms with Crippen LogP contribution in [0, 0.1) is 5.92 Å².